The van der Waals surface area contributed by atoms with Crippen molar-refractivity contribution in [3.8, 4) is 17.2 Å². The number of nitrogens with zero attached hydrogens (tertiary/aromatic N) is 3. The second-order valence-corrected chi connectivity index (χ2v) is 11.4. The largest absolute Gasteiger partial charge is 0.444 e. The van der Waals surface area contributed by atoms with Crippen LogP contribution in [0.4, 0.5) is 9.18 Å². The Balaban J connectivity index is 1.30. The molecule has 10 heteroatoms. The Labute approximate surface area is 225 Å². The van der Waals surface area contributed by atoms with E-state index in [1.807, 2.05) is 0 Å². The van der Waals surface area contributed by atoms with Crippen molar-refractivity contribution >= 4 is 23.1 Å². The molecule has 2 bridgehead atoms. The summed E-state index contributed by atoms with van der Waals surface area (Å²) in [6, 6.07) is 10.1. The molecule has 1 saturated carbocycles. The first-order chi connectivity index (χ1) is 18.4. The third-order valence-corrected chi connectivity index (χ3v) is 7.53. The first-order valence-corrected chi connectivity index (χ1v) is 13.0. The normalized spacial score (nSPS) is 21.1. The number of hydrogen-bond donors (Lipinski definition) is 1. The number of rotatable bonds is 5. The fourth-order valence-corrected chi connectivity index (χ4v) is 5.71. The Kier molecular flexibility index (Phi) is 6.70. The maximum Gasteiger partial charge on any atom is 0.419 e. The SMILES string of the molecule is Cn1c(=O)oc2cc(-c3ccc(CC(C#N)NC(=O)C4C5CCC(C5)N4C(=O)OC(C)(C)C)c(F)c3)ccc21. The number of aryl methyl sites for hydroxylation is 1. The molecule has 5 rings (SSSR count). The first kappa shape index (κ1) is 26.5. The van der Waals surface area contributed by atoms with E-state index >= 15 is 4.39 Å². The van der Waals surface area contributed by atoms with Gasteiger partial charge in [0.2, 0.25) is 5.91 Å². The van der Waals surface area contributed by atoms with Gasteiger partial charge in [-0.15, -0.1) is 0 Å². The van der Waals surface area contributed by atoms with Gasteiger partial charge in [0.15, 0.2) is 5.58 Å². The van der Waals surface area contributed by atoms with Crippen LogP contribution in [0.15, 0.2) is 45.6 Å². The number of benzene rings is 2. The second kappa shape index (κ2) is 9.88. The Hall–Kier alpha value is -4.13. The minimum Gasteiger partial charge on any atom is -0.444 e. The minimum atomic E-state index is -0.979. The summed E-state index contributed by atoms with van der Waals surface area (Å²) in [6.07, 6.45) is 1.80. The van der Waals surface area contributed by atoms with E-state index in [0.717, 1.165) is 19.3 Å². The van der Waals surface area contributed by atoms with Gasteiger partial charge in [0.05, 0.1) is 11.6 Å². The molecule has 39 heavy (non-hydrogen) atoms. The van der Waals surface area contributed by atoms with Crippen molar-refractivity contribution in [1.29, 1.82) is 5.26 Å². The molecule has 2 fully saturated rings. The molecule has 4 atom stereocenters. The third kappa shape index (κ3) is 5.13. The molecule has 1 aliphatic heterocycles. The molecule has 1 aliphatic carbocycles. The number of hydrogen-bond acceptors (Lipinski definition) is 6. The van der Waals surface area contributed by atoms with E-state index in [1.165, 1.54) is 15.5 Å². The number of likely N-dealkylation sites (tertiary alicyclic amines) is 1. The van der Waals surface area contributed by atoms with Gasteiger partial charge in [0.1, 0.15) is 23.5 Å². The minimum absolute atomic E-state index is 0.00395. The number of aromatic nitrogens is 1. The van der Waals surface area contributed by atoms with Crippen molar-refractivity contribution < 1.29 is 23.1 Å². The van der Waals surface area contributed by atoms with E-state index < -0.39 is 41.3 Å². The molecule has 3 aromatic rings. The van der Waals surface area contributed by atoms with E-state index in [-0.39, 0.29) is 23.9 Å². The molecule has 1 aromatic heterocycles. The van der Waals surface area contributed by atoms with Crippen molar-refractivity contribution in [3.05, 3.63) is 58.3 Å². The number of nitrogens with one attached hydrogen (secondary N) is 1. The van der Waals surface area contributed by atoms with Gasteiger partial charge in [0, 0.05) is 19.5 Å². The molecule has 1 N–H and O–H groups in total. The van der Waals surface area contributed by atoms with Gasteiger partial charge in [-0.1, -0.05) is 18.2 Å². The van der Waals surface area contributed by atoms with Crippen LogP contribution in [-0.2, 0) is 23.0 Å². The van der Waals surface area contributed by atoms with Gasteiger partial charge >= 0.3 is 11.8 Å². The van der Waals surface area contributed by atoms with Crippen LogP contribution < -0.4 is 11.1 Å². The van der Waals surface area contributed by atoms with Gasteiger partial charge in [-0.3, -0.25) is 14.3 Å². The van der Waals surface area contributed by atoms with Crippen molar-refractivity contribution in [2.45, 2.75) is 70.2 Å². The summed E-state index contributed by atoms with van der Waals surface area (Å²) in [6.45, 7) is 5.33. The van der Waals surface area contributed by atoms with Crippen molar-refractivity contribution in [2.24, 2.45) is 13.0 Å². The number of piperidine rings is 1. The molecule has 0 spiro atoms. The number of carbonyl (C=O) groups is 2. The number of halogens is 1. The van der Waals surface area contributed by atoms with Crippen LogP contribution in [0.25, 0.3) is 22.2 Å². The smallest absolute Gasteiger partial charge is 0.419 e. The highest BCUT2D eigenvalue weighted by Crippen LogP contribution is 2.43. The summed E-state index contributed by atoms with van der Waals surface area (Å²) in [4.78, 5) is 39.5. The summed E-state index contributed by atoms with van der Waals surface area (Å²) < 4.78 is 27.3. The molecule has 9 nitrogen and oxygen atoms in total. The van der Waals surface area contributed by atoms with Crippen LogP contribution in [0.5, 0.6) is 0 Å². The fraction of sp³-hybridized carbons (Fsp3) is 0.448. The molecule has 0 radical (unpaired) electrons. The molecule has 2 heterocycles. The lowest BCUT2D eigenvalue weighted by Crippen LogP contribution is -2.55. The number of fused-ring (bicyclic) bond motifs is 3. The summed E-state index contributed by atoms with van der Waals surface area (Å²) in [7, 11) is 1.61. The lowest BCUT2D eigenvalue weighted by Gasteiger charge is -2.35. The molecular formula is C29H31FN4O5. The van der Waals surface area contributed by atoms with E-state index in [9.17, 15) is 19.6 Å². The predicted octanol–water partition coefficient (Wildman–Crippen LogP) is 4.28. The topological polar surface area (TPSA) is 118 Å². The number of nitriles is 1. The number of ether oxygens (including phenoxy) is 1. The molecule has 1 saturated heterocycles. The van der Waals surface area contributed by atoms with E-state index in [0.29, 0.717) is 22.2 Å². The van der Waals surface area contributed by atoms with E-state index in [1.54, 1.807) is 58.2 Å². The van der Waals surface area contributed by atoms with Gasteiger partial charge in [-0.2, -0.15) is 5.26 Å². The maximum absolute atomic E-state index is 15.1. The number of carbonyl (C=O) groups excluding carboxylic acids is 2. The van der Waals surface area contributed by atoms with Crippen LogP contribution in [0, 0.1) is 23.1 Å². The first-order valence-electron chi connectivity index (χ1n) is 13.0. The van der Waals surface area contributed by atoms with Crippen LogP contribution in [0.2, 0.25) is 0 Å². The summed E-state index contributed by atoms with van der Waals surface area (Å²) >= 11 is 0. The Morgan fingerprint density at radius 1 is 1.21 bits per heavy atom. The highest BCUT2D eigenvalue weighted by molar-refractivity contribution is 5.87. The highest BCUT2D eigenvalue weighted by Gasteiger charge is 2.52. The predicted molar refractivity (Wildman–Crippen MR) is 141 cm³/mol. The maximum atomic E-state index is 15.1. The standard InChI is InChI=1S/C29H31FN4O5/c1-29(2,3)39-28(37)34-21-9-7-19(12-21)25(34)26(35)32-20(15-31)11-18-6-5-16(13-22(18)30)17-8-10-23-24(14-17)38-27(36)33(23)4/h5-6,8,10,13-14,19-21,25H,7,9,11-12H2,1-4H3,(H,32,35). The van der Waals surface area contributed by atoms with Gasteiger partial charge in [-0.25, -0.2) is 14.0 Å². The second-order valence-electron chi connectivity index (χ2n) is 11.4. The lowest BCUT2D eigenvalue weighted by atomic mass is 9.97. The van der Waals surface area contributed by atoms with E-state index in [4.69, 9.17) is 9.15 Å². The molecule has 4 unspecified atom stereocenters. The zero-order chi connectivity index (χ0) is 28.1. The summed E-state index contributed by atoms with van der Waals surface area (Å²) in [5, 5.41) is 12.5. The molecule has 204 valence electrons. The van der Waals surface area contributed by atoms with Gasteiger partial charge in [-0.05, 0) is 80.8 Å². The van der Waals surface area contributed by atoms with Gasteiger partial charge < -0.3 is 14.5 Å². The zero-order valence-electron chi connectivity index (χ0n) is 22.4. The number of amides is 2. The molecule has 2 aliphatic rings. The number of oxazole rings is 1. The average Bonchev–Trinajstić information content (AvgIpc) is 3.57. The van der Waals surface area contributed by atoms with Crippen LogP contribution >= 0.6 is 0 Å². The van der Waals surface area contributed by atoms with Crippen LogP contribution in [0.3, 0.4) is 0 Å². The highest BCUT2D eigenvalue weighted by atomic mass is 19.1. The van der Waals surface area contributed by atoms with Crippen LogP contribution in [-0.4, -0.2) is 45.2 Å². The van der Waals surface area contributed by atoms with Crippen molar-refractivity contribution in [1.82, 2.24) is 14.8 Å². The van der Waals surface area contributed by atoms with Gasteiger partial charge in [0.25, 0.3) is 0 Å². The quantitative estimate of drug-likeness (QED) is 0.522. The van der Waals surface area contributed by atoms with Crippen LogP contribution in [0.1, 0.15) is 45.6 Å². The summed E-state index contributed by atoms with van der Waals surface area (Å²) in [5.41, 5.74) is 1.87. The fourth-order valence-electron chi connectivity index (χ4n) is 5.71. The zero-order valence-corrected chi connectivity index (χ0v) is 22.4. The van der Waals surface area contributed by atoms with Crippen molar-refractivity contribution in [3.63, 3.8) is 0 Å². The Morgan fingerprint density at radius 3 is 2.62 bits per heavy atom. The Bertz CT molecular complexity index is 1550. The van der Waals surface area contributed by atoms with E-state index in [2.05, 4.69) is 11.4 Å². The lowest BCUT2D eigenvalue weighted by molar-refractivity contribution is -0.128. The average molecular weight is 535 g/mol. The summed E-state index contributed by atoms with van der Waals surface area (Å²) in [5.74, 6) is -1.42. The monoisotopic (exact) mass is 534 g/mol. The molecule has 2 aromatic carbocycles. The third-order valence-electron chi connectivity index (χ3n) is 7.53. The molecular weight excluding hydrogens is 503 g/mol. The van der Waals surface area contributed by atoms with Crippen molar-refractivity contribution in [2.75, 3.05) is 0 Å². The Morgan fingerprint density at radius 2 is 1.92 bits per heavy atom. The molecule has 2 amide bonds.